The smallest absolute Gasteiger partial charge is 0.336 e. The Morgan fingerprint density at radius 3 is 2.64 bits per heavy atom. The number of nitrogens with one attached hydrogen (secondary N) is 1. The van der Waals surface area contributed by atoms with Gasteiger partial charge in [-0.2, -0.15) is 0 Å². The fraction of sp³-hybridized carbons (Fsp3) is 0.500. The van der Waals surface area contributed by atoms with Crippen molar-refractivity contribution in [3.63, 3.8) is 0 Å². The standard InChI is InChI=1S/C20H25NO4/c1-6-24-19(23)16-12(3)21-13-9-20(4,5)10-14(22)17(13)18(16)15-8-7-11(2)25-15/h7-8,18,21H,6,9-10H2,1-5H3. The number of rotatable bonds is 3. The van der Waals surface area contributed by atoms with E-state index >= 15 is 0 Å². The maximum atomic E-state index is 13.0. The summed E-state index contributed by atoms with van der Waals surface area (Å²) in [5, 5.41) is 3.30. The van der Waals surface area contributed by atoms with Gasteiger partial charge in [-0.1, -0.05) is 13.8 Å². The summed E-state index contributed by atoms with van der Waals surface area (Å²) in [6.07, 6.45) is 1.22. The summed E-state index contributed by atoms with van der Waals surface area (Å²) in [4.78, 5) is 25.6. The maximum absolute atomic E-state index is 13.0. The normalized spacial score (nSPS) is 22.6. The number of ketones is 1. The van der Waals surface area contributed by atoms with Gasteiger partial charge in [-0.05, 0) is 44.7 Å². The van der Waals surface area contributed by atoms with Crippen LogP contribution in [0.1, 0.15) is 58.0 Å². The van der Waals surface area contributed by atoms with Crippen LogP contribution in [0.3, 0.4) is 0 Å². The molecule has 0 bridgehead atoms. The molecular formula is C20H25NO4. The van der Waals surface area contributed by atoms with Crippen LogP contribution in [-0.2, 0) is 14.3 Å². The highest BCUT2D eigenvalue weighted by Crippen LogP contribution is 2.47. The van der Waals surface area contributed by atoms with Gasteiger partial charge in [0.1, 0.15) is 11.5 Å². The molecule has 0 saturated carbocycles. The zero-order valence-electron chi connectivity index (χ0n) is 15.5. The number of carbonyl (C=O) groups excluding carboxylic acids is 2. The molecule has 1 atom stereocenters. The van der Waals surface area contributed by atoms with Crippen LogP contribution in [0.15, 0.2) is 39.1 Å². The lowest BCUT2D eigenvalue weighted by Gasteiger charge is -2.38. The third-order valence-electron chi connectivity index (χ3n) is 4.78. The fourth-order valence-electron chi connectivity index (χ4n) is 3.81. The summed E-state index contributed by atoms with van der Waals surface area (Å²) in [6.45, 7) is 9.93. The Morgan fingerprint density at radius 1 is 1.32 bits per heavy atom. The molecule has 0 saturated heterocycles. The molecule has 1 N–H and O–H groups in total. The fourth-order valence-corrected chi connectivity index (χ4v) is 3.81. The molecule has 0 fully saturated rings. The van der Waals surface area contributed by atoms with Crippen LogP contribution >= 0.6 is 0 Å². The van der Waals surface area contributed by atoms with Crippen molar-refractivity contribution < 1.29 is 18.7 Å². The summed E-state index contributed by atoms with van der Waals surface area (Å²) in [5.41, 5.74) is 2.62. The number of esters is 1. The summed E-state index contributed by atoms with van der Waals surface area (Å²) in [6, 6.07) is 3.70. The number of Topliss-reactive ketones (excluding diaryl/α,β-unsaturated/α-hetero) is 1. The molecule has 1 unspecified atom stereocenters. The minimum Gasteiger partial charge on any atom is -0.465 e. The van der Waals surface area contributed by atoms with Gasteiger partial charge in [0, 0.05) is 23.4 Å². The van der Waals surface area contributed by atoms with Crippen molar-refractivity contribution in [2.45, 2.75) is 53.4 Å². The molecule has 1 aromatic heterocycles. The third-order valence-corrected chi connectivity index (χ3v) is 4.78. The summed E-state index contributed by atoms with van der Waals surface area (Å²) in [5.74, 6) is 0.512. The topological polar surface area (TPSA) is 68.5 Å². The second-order valence-corrected chi connectivity index (χ2v) is 7.60. The highest BCUT2D eigenvalue weighted by Gasteiger charge is 2.44. The van der Waals surface area contributed by atoms with E-state index in [1.807, 2.05) is 26.0 Å². The van der Waals surface area contributed by atoms with E-state index in [1.165, 1.54) is 0 Å². The predicted molar refractivity (Wildman–Crippen MR) is 93.7 cm³/mol. The minimum atomic E-state index is -0.507. The monoisotopic (exact) mass is 343 g/mol. The van der Waals surface area contributed by atoms with Crippen molar-refractivity contribution in [3.05, 3.63) is 46.2 Å². The van der Waals surface area contributed by atoms with Gasteiger partial charge in [-0.3, -0.25) is 4.79 Å². The van der Waals surface area contributed by atoms with Crippen molar-refractivity contribution in [2.75, 3.05) is 6.61 Å². The molecule has 0 spiro atoms. The quantitative estimate of drug-likeness (QED) is 0.847. The first-order valence-corrected chi connectivity index (χ1v) is 8.71. The number of hydrogen-bond acceptors (Lipinski definition) is 5. The molecular weight excluding hydrogens is 318 g/mol. The first-order valence-electron chi connectivity index (χ1n) is 8.71. The van der Waals surface area contributed by atoms with Gasteiger partial charge in [0.15, 0.2) is 5.78 Å². The summed E-state index contributed by atoms with van der Waals surface area (Å²) >= 11 is 0. The van der Waals surface area contributed by atoms with Crippen molar-refractivity contribution in [3.8, 4) is 0 Å². The highest BCUT2D eigenvalue weighted by atomic mass is 16.5. The van der Waals surface area contributed by atoms with E-state index in [0.29, 0.717) is 23.3 Å². The molecule has 2 heterocycles. The Balaban J connectivity index is 2.15. The van der Waals surface area contributed by atoms with Crippen LogP contribution < -0.4 is 5.32 Å². The van der Waals surface area contributed by atoms with Crippen LogP contribution in [0.4, 0.5) is 0 Å². The number of allylic oxidation sites excluding steroid dienone is 3. The largest absolute Gasteiger partial charge is 0.465 e. The third kappa shape index (κ3) is 3.15. The van der Waals surface area contributed by atoms with Crippen molar-refractivity contribution >= 4 is 11.8 Å². The molecule has 1 aliphatic heterocycles. The van der Waals surface area contributed by atoms with Gasteiger partial charge in [0.05, 0.1) is 18.1 Å². The van der Waals surface area contributed by atoms with E-state index in [1.54, 1.807) is 6.92 Å². The lowest BCUT2D eigenvalue weighted by Crippen LogP contribution is -2.38. The van der Waals surface area contributed by atoms with E-state index in [4.69, 9.17) is 9.15 Å². The molecule has 5 nitrogen and oxygen atoms in total. The molecule has 0 aromatic carbocycles. The first kappa shape index (κ1) is 17.5. The molecule has 0 amide bonds. The molecule has 1 aliphatic carbocycles. The molecule has 5 heteroatoms. The van der Waals surface area contributed by atoms with E-state index in [0.717, 1.165) is 23.6 Å². The molecule has 0 radical (unpaired) electrons. The van der Waals surface area contributed by atoms with Gasteiger partial charge in [0.2, 0.25) is 0 Å². The predicted octanol–water partition coefficient (Wildman–Crippen LogP) is 3.76. The van der Waals surface area contributed by atoms with Crippen LogP contribution in [-0.4, -0.2) is 18.4 Å². The summed E-state index contributed by atoms with van der Waals surface area (Å²) in [7, 11) is 0. The molecule has 3 rings (SSSR count). The minimum absolute atomic E-state index is 0.0621. The molecule has 1 aromatic rings. The lowest BCUT2D eigenvalue weighted by molar-refractivity contribution is -0.138. The highest BCUT2D eigenvalue weighted by molar-refractivity contribution is 6.04. The number of aryl methyl sites for hydroxylation is 1. The van der Waals surface area contributed by atoms with E-state index in [9.17, 15) is 9.59 Å². The number of ether oxygens (including phenoxy) is 1. The van der Waals surface area contributed by atoms with E-state index in [-0.39, 0.29) is 17.8 Å². The average Bonchev–Trinajstić information content (AvgIpc) is 2.90. The van der Waals surface area contributed by atoms with Crippen molar-refractivity contribution in [2.24, 2.45) is 5.41 Å². The average molecular weight is 343 g/mol. The lowest BCUT2D eigenvalue weighted by atomic mass is 9.69. The van der Waals surface area contributed by atoms with E-state index < -0.39 is 11.9 Å². The zero-order chi connectivity index (χ0) is 18.4. The summed E-state index contributed by atoms with van der Waals surface area (Å²) < 4.78 is 11.1. The zero-order valence-corrected chi connectivity index (χ0v) is 15.5. The Kier molecular flexibility index (Phi) is 4.35. The second kappa shape index (κ2) is 6.21. The molecule has 25 heavy (non-hydrogen) atoms. The molecule has 2 aliphatic rings. The van der Waals surface area contributed by atoms with Crippen LogP contribution in [0.25, 0.3) is 0 Å². The van der Waals surface area contributed by atoms with Gasteiger partial charge in [0.25, 0.3) is 0 Å². The second-order valence-electron chi connectivity index (χ2n) is 7.60. The number of carbonyl (C=O) groups is 2. The van der Waals surface area contributed by atoms with Crippen molar-refractivity contribution in [1.82, 2.24) is 5.32 Å². The van der Waals surface area contributed by atoms with Crippen LogP contribution in [0, 0.1) is 12.3 Å². The van der Waals surface area contributed by atoms with Crippen LogP contribution in [0.2, 0.25) is 0 Å². The Morgan fingerprint density at radius 2 is 2.04 bits per heavy atom. The SMILES string of the molecule is CCOC(=O)C1=C(C)NC2=C(C(=O)CC(C)(C)C2)C1c1ccc(C)o1. The molecule has 134 valence electrons. The number of furan rings is 1. The van der Waals surface area contributed by atoms with Crippen LogP contribution in [0.5, 0.6) is 0 Å². The van der Waals surface area contributed by atoms with Crippen molar-refractivity contribution in [1.29, 1.82) is 0 Å². The van der Waals surface area contributed by atoms with Gasteiger partial charge in [-0.25, -0.2) is 4.79 Å². The Bertz CT molecular complexity index is 794. The van der Waals surface area contributed by atoms with Gasteiger partial charge >= 0.3 is 5.97 Å². The Hall–Kier alpha value is -2.30. The van der Waals surface area contributed by atoms with Gasteiger partial charge in [-0.15, -0.1) is 0 Å². The Labute approximate surface area is 148 Å². The van der Waals surface area contributed by atoms with Gasteiger partial charge < -0.3 is 14.5 Å². The van der Waals surface area contributed by atoms with E-state index in [2.05, 4.69) is 19.2 Å². The number of hydrogen-bond donors (Lipinski definition) is 1. The first-order chi connectivity index (χ1) is 11.7. The maximum Gasteiger partial charge on any atom is 0.336 e. The number of dihydropyridines is 1.